The van der Waals surface area contributed by atoms with Gasteiger partial charge in [0, 0.05) is 6.54 Å². The van der Waals surface area contributed by atoms with E-state index in [2.05, 4.69) is 45.2 Å². The molecule has 0 aliphatic rings. The zero-order valence-electron chi connectivity index (χ0n) is 9.64. The van der Waals surface area contributed by atoms with Gasteiger partial charge in [-0.15, -0.1) is 0 Å². The summed E-state index contributed by atoms with van der Waals surface area (Å²) in [4.78, 5) is 2.55. The highest BCUT2D eigenvalue weighted by Gasteiger charge is 2.18. The molecule has 0 aromatic rings. The largest absolute Gasteiger partial charge is 0.303 e. The fourth-order valence-corrected chi connectivity index (χ4v) is 1.66. The van der Waals surface area contributed by atoms with Gasteiger partial charge in [-0.2, -0.15) is 12.6 Å². The molecule has 0 aliphatic heterocycles. The third kappa shape index (κ3) is 6.39. The monoisotopic (exact) mass is 203 g/mol. The molecule has 80 valence electrons. The van der Waals surface area contributed by atoms with E-state index in [-0.39, 0.29) is 0 Å². The van der Waals surface area contributed by atoms with Crippen LogP contribution in [0.5, 0.6) is 0 Å². The van der Waals surface area contributed by atoms with Crippen LogP contribution in [0.2, 0.25) is 0 Å². The highest BCUT2D eigenvalue weighted by atomic mass is 32.1. The molecule has 0 aromatic heterocycles. The van der Waals surface area contributed by atoms with Crippen molar-refractivity contribution in [2.45, 2.75) is 40.5 Å². The van der Waals surface area contributed by atoms with Crippen LogP contribution in [0.4, 0.5) is 0 Å². The minimum atomic E-state index is 0.355. The molecule has 0 fully saturated rings. The minimum absolute atomic E-state index is 0.355. The molecule has 13 heavy (non-hydrogen) atoms. The van der Waals surface area contributed by atoms with Crippen LogP contribution in [-0.4, -0.2) is 30.3 Å². The standard InChI is InChI=1S/C11H25NS/c1-5-7-12(8-6-2)9-11(3,4)10-13/h13H,5-10H2,1-4H3. The molecule has 0 aromatic carbocycles. The summed E-state index contributed by atoms with van der Waals surface area (Å²) in [7, 11) is 0. The molecule has 0 heterocycles. The number of hydrogen-bond acceptors (Lipinski definition) is 2. The van der Waals surface area contributed by atoms with Crippen LogP contribution in [0.25, 0.3) is 0 Å². The van der Waals surface area contributed by atoms with E-state index in [4.69, 9.17) is 0 Å². The summed E-state index contributed by atoms with van der Waals surface area (Å²) >= 11 is 4.39. The summed E-state index contributed by atoms with van der Waals surface area (Å²) in [6.45, 7) is 12.7. The van der Waals surface area contributed by atoms with Crippen LogP contribution < -0.4 is 0 Å². The molecule has 0 amide bonds. The molecule has 0 spiro atoms. The smallest absolute Gasteiger partial charge is 0.00405 e. The van der Waals surface area contributed by atoms with Gasteiger partial charge < -0.3 is 4.90 Å². The highest BCUT2D eigenvalue weighted by Crippen LogP contribution is 2.18. The second kappa shape index (κ2) is 6.72. The molecular formula is C11H25NS. The van der Waals surface area contributed by atoms with Gasteiger partial charge in [0.15, 0.2) is 0 Å². The van der Waals surface area contributed by atoms with Crippen molar-refractivity contribution in [1.82, 2.24) is 4.90 Å². The Balaban J connectivity index is 3.92. The Bertz CT molecular complexity index is 117. The van der Waals surface area contributed by atoms with Gasteiger partial charge >= 0.3 is 0 Å². The van der Waals surface area contributed by atoms with E-state index in [1.165, 1.54) is 32.5 Å². The predicted molar refractivity (Wildman–Crippen MR) is 64.7 cm³/mol. The predicted octanol–water partition coefficient (Wildman–Crippen LogP) is 3.06. The van der Waals surface area contributed by atoms with E-state index in [0.717, 1.165) is 5.75 Å². The first-order valence-electron chi connectivity index (χ1n) is 5.39. The van der Waals surface area contributed by atoms with Crippen molar-refractivity contribution in [3.05, 3.63) is 0 Å². The van der Waals surface area contributed by atoms with Crippen LogP contribution in [-0.2, 0) is 0 Å². The Hall–Kier alpha value is 0.310. The normalized spacial score (nSPS) is 12.5. The van der Waals surface area contributed by atoms with Gasteiger partial charge in [-0.3, -0.25) is 0 Å². The Morgan fingerprint density at radius 3 is 1.85 bits per heavy atom. The number of nitrogens with zero attached hydrogens (tertiary/aromatic N) is 1. The van der Waals surface area contributed by atoms with E-state index in [0.29, 0.717) is 5.41 Å². The lowest BCUT2D eigenvalue weighted by atomic mass is 9.95. The summed E-state index contributed by atoms with van der Waals surface area (Å²) in [5, 5.41) is 0. The summed E-state index contributed by atoms with van der Waals surface area (Å²) in [6.07, 6.45) is 2.51. The third-order valence-electron chi connectivity index (χ3n) is 2.16. The van der Waals surface area contributed by atoms with Gasteiger partial charge in [-0.25, -0.2) is 0 Å². The van der Waals surface area contributed by atoms with Crippen molar-refractivity contribution in [3.63, 3.8) is 0 Å². The van der Waals surface area contributed by atoms with Gasteiger partial charge in [-0.05, 0) is 37.1 Å². The number of thiol groups is 1. The van der Waals surface area contributed by atoms with Gasteiger partial charge in [0.1, 0.15) is 0 Å². The topological polar surface area (TPSA) is 3.24 Å². The van der Waals surface area contributed by atoms with Gasteiger partial charge in [0.25, 0.3) is 0 Å². The molecule has 0 N–H and O–H groups in total. The van der Waals surface area contributed by atoms with Crippen molar-refractivity contribution in [3.8, 4) is 0 Å². The van der Waals surface area contributed by atoms with Crippen LogP contribution >= 0.6 is 12.6 Å². The second-order valence-electron chi connectivity index (χ2n) is 4.60. The first-order valence-corrected chi connectivity index (χ1v) is 6.02. The van der Waals surface area contributed by atoms with E-state index in [1.54, 1.807) is 0 Å². The van der Waals surface area contributed by atoms with Gasteiger partial charge in [0.2, 0.25) is 0 Å². The Morgan fingerprint density at radius 1 is 1.08 bits per heavy atom. The van der Waals surface area contributed by atoms with Crippen LogP contribution in [0.15, 0.2) is 0 Å². The lowest BCUT2D eigenvalue weighted by Crippen LogP contribution is -2.36. The first-order chi connectivity index (χ1) is 6.05. The maximum Gasteiger partial charge on any atom is 0.00405 e. The maximum absolute atomic E-state index is 4.39. The van der Waals surface area contributed by atoms with Crippen LogP contribution in [0.1, 0.15) is 40.5 Å². The second-order valence-corrected chi connectivity index (χ2v) is 4.91. The summed E-state index contributed by atoms with van der Waals surface area (Å²) in [6, 6.07) is 0. The van der Waals surface area contributed by atoms with Gasteiger partial charge in [-0.1, -0.05) is 27.7 Å². The van der Waals surface area contributed by atoms with Crippen molar-refractivity contribution < 1.29 is 0 Å². The molecule has 0 rings (SSSR count). The molecule has 0 radical (unpaired) electrons. The summed E-state index contributed by atoms with van der Waals surface area (Å²) < 4.78 is 0. The molecule has 0 aliphatic carbocycles. The fourth-order valence-electron chi connectivity index (χ4n) is 1.56. The zero-order chi connectivity index (χ0) is 10.3. The fraction of sp³-hybridized carbons (Fsp3) is 1.00. The first kappa shape index (κ1) is 13.3. The Labute approximate surface area is 89.3 Å². The minimum Gasteiger partial charge on any atom is -0.303 e. The SMILES string of the molecule is CCCN(CCC)CC(C)(C)CS. The van der Waals surface area contributed by atoms with Crippen molar-refractivity contribution >= 4 is 12.6 Å². The molecule has 0 saturated carbocycles. The van der Waals surface area contributed by atoms with Crippen molar-refractivity contribution in [2.75, 3.05) is 25.4 Å². The molecule has 0 atom stereocenters. The Kier molecular flexibility index (Phi) is 6.88. The summed E-state index contributed by atoms with van der Waals surface area (Å²) in [5.41, 5.74) is 0.355. The summed E-state index contributed by atoms with van der Waals surface area (Å²) in [5.74, 6) is 0.969. The Morgan fingerprint density at radius 2 is 1.54 bits per heavy atom. The molecule has 0 bridgehead atoms. The third-order valence-corrected chi connectivity index (χ3v) is 3.02. The average molecular weight is 203 g/mol. The zero-order valence-corrected chi connectivity index (χ0v) is 10.5. The van der Waals surface area contributed by atoms with Crippen LogP contribution in [0.3, 0.4) is 0 Å². The average Bonchev–Trinajstić information content (AvgIpc) is 2.05. The lowest BCUT2D eigenvalue weighted by molar-refractivity contribution is 0.195. The van der Waals surface area contributed by atoms with Gasteiger partial charge in [0.05, 0.1) is 0 Å². The van der Waals surface area contributed by atoms with E-state index in [1.807, 2.05) is 0 Å². The van der Waals surface area contributed by atoms with E-state index in [9.17, 15) is 0 Å². The highest BCUT2D eigenvalue weighted by molar-refractivity contribution is 7.80. The van der Waals surface area contributed by atoms with E-state index < -0.39 is 0 Å². The van der Waals surface area contributed by atoms with Crippen molar-refractivity contribution in [2.24, 2.45) is 5.41 Å². The van der Waals surface area contributed by atoms with E-state index >= 15 is 0 Å². The maximum atomic E-state index is 4.39. The number of hydrogen-bond donors (Lipinski definition) is 1. The molecule has 1 nitrogen and oxygen atoms in total. The van der Waals surface area contributed by atoms with Crippen LogP contribution in [0, 0.1) is 5.41 Å². The molecule has 2 heteroatoms. The lowest BCUT2D eigenvalue weighted by Gasteiger charge is -2.31. The van der Waals surface area contributed by atoms with Crippen molar-refractivity contribution in [1.29, 1.82) is 0 Å². The molecule has 0 unspecified atom stereocenters. The molecule has 0 saturated heterocycles. The number of rotatable bonds is 7. The molecular weight excluding hydrogens is 178 g/mol. The quantitative estimate of drug-likeness (QED) is 0.622.